The van der Waals surface area contributed by atoms with E-state index in [2.05, 4.69) is 15.2 Å². The standard InChI is InChI=1S/C24H26F4N6O/c1-14-20(22(29)32-35-14)16-7-19-21(30-8-16)18(17-9-31-34(11-17)13-24(26,27)28)12-33(19)10-15-3-5-23(2,25)6-4-15/h7-9,11-12,15H,3-6,10,13H2,1-2H3,(H2,29,32). The molecule has 0 atom stereocenters. The van der Waals surface area contributed by atoms with Crippen LogP contribution >= 0.6 is 0 Å². The summed E-state index contributed by atoms with van der Waals surface area (Å²) in [6, 6.07) is 1.93. The van der Waals surface area contributed by atoms with E-state index in [4.69, 9.17) is 10.3 Å². The molecule has 4 aromatic rings. The number of nitrogens with zero attached hydrogens (tertiary/aromatic N) is 5. The second-order valence-electron chi connectivity index (χ2n) is 9.68. The summed E-state index contributed by atoms with van der Waals surface area (Å²) in [6.45, 7) is 2.89. The zero-order valence-corrected chi connectivity index (χ0v) is 19.4. The van der Waals surface area contributed by atoms with Crippen molar-refractivity contribution in [2.24, 2.45) is 5.92 Å². The number of halogens is 4. The molecule has 11 heteroatoms. The molecule has 1 aliphatic carbocycles. The number of rotatable bonds is 5. The van der Waals surface area contributed by atoms with Crippen LogP contribution in [0.3, 0.4) is 0 Å². The predicted molar refractivity (Wildman–Crippen MR) is 123 cm³/mol. The molecule has 186 valence electrons. The molecule has 0 aromatic carbocycles. The highest BCUT2D eigenvalue weighted by atomic mass is 19.4. The third kappa shape index (κ3) is 4.76. The van der Waals surface area contributed by atoms with E-state index in [1.807, 2.05) is 16.8 Å². The maximum atomic E-state index is 14.3. The van der Waals surface area contributed by atoms with E-state index in [9.17, 15) is 17.6 Å². The average molecular weight is 491 g/mol. The lowest BCUT2D eigenvalue weighted by atomic mass is 9.81. The molecule has 4 aromatic heterocycles. The van der Waals surface area contributed by atoms with Crippen molar-refractivity contribution in [3.05, 3.63) is 36.6 Å². The Labute approximate surface area is 198 Å². The maximum Gasteiger partial charge on any atom is 0.408 e. The molecule has 0 radical (unpaired) electrons. The van der Waals surface area contributed by atoms with E-state index in [1.165, 1.54) is 12.4 Å². The molecule has 0 unspecified atom stereocenters. The van der Waals surface area contributed by atoms with Gasteiger partial charge < -0.3 is 14.8 Å². The SMILES string of the molecule is Cc1onc(N)c1-c1cnc2c(-c3cnn(CC(F)(F)F)c3)cn(CC3CCC(C)(F)CC3)c2c1. The molecule has 35 heavy (non-hydrogen) atoms. The van der Waals surface area contributed by atoms with Crippen molar-refractivity contribution in [2.45, 2.75) is 64.5 Å². The van der Waals surface area contributed by atoms with Gasteiger partial charge in [0.25, 0.3) is 0 Å². The van der Waals surface area contributed by atoms with Crippen LogP contribution in [0.25, 0.3) is 33.3 Å². The van der Waals surface area contributed by atoms with Crippen molar-refractivity contribution >= 4 is 16.9 Å². The number of nitrogen functional groups attached to an aromatic ring is 1. The Balaban J connectivity index is 1.56. The van der Waals surface area contributed by atoms with Gasteiger partial charge in [-0.15, -0.1) is 0 Å². The number of hydrogen-bond acceptors (Lipinski definition) is 5. The second-order valence-corrected chi connectivity index (χ2v) is 9.68. The van der Waals surface area contributed by atoms with Crippen LogP contribution in [0.4, 0.5) is 23.4 Å². The minimum Gasteiger partial charge on any atom is -0.380 e. The van der Waals surface area contributed by atoms with Gasteiger partial charge >= 0.3 is 6.18 Å². The summed E-state index contributed by atoms with van der Waals surface area (Å²) >= 11 is 0. The van der Waals surface area contributed by atoms with Gasteiger partial charge in [0.15, 0.2) is 5.82 Å². The fourth-order valence-corrected chi connectivity index (χ4v) is 4.92. The average Bonchev–Trinajstić information content (AvgIpc) is 3.46. The number of nitrogens with two attached hydrogens (primary N) is 1. The van der Waals surface area contributed by atoms with Gasteiger partial charge in [0.1, 0.15) is 18.0 Å². The normalized spacial score (nSPS) is 21.1. The summed E-state index contributed by atoms with van der Waals surface area (Å²) < 4.78 is 61.0. The first-order valence-electron chi connectivity index (χ1n) is 11.5. The van der Waals surface area contributed by atoms with Crippen molar-refractivity contribution in [3.8, 4) is 22.3 Å². The fraction of sp³-hybridized carbons (Fsp3) is 0.458. The highest BCUT2D eigenvalue weighted by molar-refractivity contribution is 5.95. The molecule has 2 N–H and O–H groups in total. The van der Waals surface area contributed by atoms with E-state index >= 15 is 0 Å². The Morgan fingerprint density at radius 3 is 2.57 bits per heavy atom. The zero-order chi connectivity index (χ0) is 25.0. The van der Waals surface area contributed by atoms with Crippen LogP contribution < -0.4 is 5.73 Å². The number of aryl methyl sites for hydroxylation is 1. The second kappa shape index (κ2) is 8.39. The van der Waals surface area contributed by atoms with Crippen LogP contribution in [-0.4, -0.2) is 36.3 Å². The van der Waals surface area contributed by atoms with Crippen LogP contribution in [0.1, 0.15) is 38.4 Å². The molecule has 0 amide bonds. The monoisotopic (exact) mass is 490 g/mol. The third-order valence-corrected chi connectivity index (χ3v) is 6.78. The number of pyridine rings is 1. The van der Waals surface area contributed by atoms with Gasteiger partial charge in [-0.25, -0.2) is 4.39 Å². The molecular weight excluding hydrogens is 464 g/mol. The maximum absolute atomic E-state index is 14.3. The Hall–Kier alpha value is -3.37. The summed E-state index contributed by atoms with van der Waals surface area (Å²) in [6.07, 6.45) is 4.50. The number of aromatic nitrogens is 5. The number of alkyl halides is 4. The number of fused-ring (bicyclic) bond motifs is 1. The van der Waals surface area contributed by atoms with Gasteiger partial charge in [0, 0.05) is 41.8 Å². The van der Waals surface area contributed by atoms with Crippen LogP contribution in [0.2, 0.25) is 0 Å². The first kappa shape index (κ1) is 23.4. The molecular formula is C24H26F4N6O. The van der Waals surface area contributed by atoms with Crippen molar-refractivity contribution in [2.75, 3.05) is 5.73 Å². The van der Waals surface area contributed by atoms with Crippen molar-refractivity contribution in [3.63, 3.8) is 0 Å². The largest absolute Gasteiger partial charge is 0.408 e. The molecule has 4 heterocycles. The Bertz CT molecular complexity index is 1340. The van der Waals surface area contributed by atoms with Crippen molar-refractivity contribution in [1.82, 2.24) is 24.5 Å². The lowest BCUT2D eigenvalue weighted by Crippen LogP contribution is -2.27. The summed E-state index contributed by atoms with van der Waals surface area (Å²) in [7, 11) is 0. The van der Waals surface area contributed by atoms with Gasteiger partial charge in [0.05, 0.1) is 22.8 Å². The zero-order valence-electron chi connectivity index (χ0n) is 19.4. The highest BCUT2D eigenvalue weighted by Gasteiger charge is 2.31. The van der Waals surface area contributed by atoms with Crippen LogP contribution in [0, 0.1) is 12.8 Å². The number of anilines is 1. The van der Waals surface area contributed by atoms with Gasteiger partial charge in [0.2, 0.25) is 0 Å². The van der Waals surface area contributed by atoms with E-state index < -0.39 is 18.4 Å². The quantitative estimate of drug-likeness (QED) is 0.351. The summed E-state index contributed by atoms with van der Waals surface area (Å²) in [5, 5.41) is 7.70. The Kier molecular flexibility index (Phi) is 5.60. The van der Waals surface area contributed by atoms with Gasteiger partial charge in [-0.2, -0.15) is 18.3 Å². The number of hydrogen-bond donors (Lipinski definition) is 1. The van der Waals surface area contributed by atoms with Crippen LogP contribution in [-0.2, 0) is 13.1 Å². The lowest BCUT2D eigenvalue weighted by molar-refractivity contribution is -0.142. The van der Waals surface area contributed by atoms with E-state index in [1.54, 1.807) is 20.0 Å². The first-order valence-corrected chi connectivity index (χ1v) is 11.5. The Morgan fingerprint density at radius 2 is 1.91 bits per heavy atom. The van der Waals surface area contributed by atoms with Crippen molar-refractivity contribution in [1.29, 1.82) is 0 Å². The summed E-state index contributed by atoms with van der Waals surface area (Å²) in [5.74, 6) is 1.09. The molecule has 5 rings (SSSR count). The van der Waals surface area contributed by atoms with Crippen LogP contribution in [0.15, 0.2) is 35.4 Å². The lowest BCUT2D eigenvalue weighted by Gasteiger charge is -2.31. The highest BCUT2D eigenvalue weighted by Crippen LogP contribution is 2.38. The summed E-state index contributed by atoms with van der Waals surface area (Å²) in [4.78, 5) is 4.65. The molecule has 1 fully saturated rings. The molecule has 1 aliphatic rings. The predicted octanol–water partition coefficient (Wildman–Crippen LogP) is 5.93. The topological polar surface area (TPSA) is 87.7 Å². The third-order valence-electron chi connectivity index (χ3n) is 6.78. The Morgan fingerprint density at radius 1 is 1.17 bits per heavy atom. The van der Waals surface area contributed by atoms with E-state index in [-0.39, 0.29) is 11.7 Å². The van der Waals surface area contributed by atoms with E-state index in [0.29, 0.717) is 47.4 Å². The fourth-order valence-electron chi connectivity index (χ4n) is 4.92. The molecule has 7 nitrogen and oxygen atoms in total. The minimum atomic E-state index is -4.37. The van der Waals surface area contributed by atoms with Gasteiger partial charge in [-0.3, -0.25) is 9.67 Å². The smallest absolute Gasteiger partial charge is 0.380 e. The van der Waals surface area contributed by atoms with Gasteiger partial charge in [-0.05, 0) is 51.5 Å². The van der Waals surface area contributed by atoms with E-state index in [0.717, 1.165) is 28.6 Å². The minimum absolute atomic E-state index is 0.255. The van der Waals surface area contributed by atoms with Gasteiger partial charge in [-0.1, -0.05) is 5.16 Å². The molecule has 0 spiro atoms. The molecule has 1 saturated carbocycles. The van der Waals surface area contributed by atoms with Crippen molar-refractivity contribution < 1.29 is 22.1 Å². The molecule has 0 saturated heterocycles. The van der Waals surface area contributed by atoms with Crippen LogP contribution in [0.5, 0.6) is 0 Å². The molecule has 0 bridgehead atoms. The first-order chi connectivity index (χ1) is 16.5. The summed E-state index contributed by atoms with van der Waals surface area (Å²) in [5.41, 5.74) is 8.91. The molecule has 0 aliphatic heterocycles.